The van der Waals surface area contributed by atoms with Crippen LogP contribution in [0.1, 0.15) is 10.4 Å². The first-order valence-corrected chi connectivity index (χ1v) is 6.14. The van der Waals surface area contributed by atoms with Crippen LogP contribution in [0.3, 0.4) is 0 Å². The second-order valence-corrected chi connectivity index (χ2v) is 4.75. The van der Waals surface area contributed by atoms with E-state index in [2.05, 4.69) is 5.32 Å². The molecule has 0 spiro atoms. The molecular weight excluding hydrogens is 285 g/mol. The summed E-state index contributed by atoms with van der Waals surface area (Å²) in [6.07, 6.45) is 0. The van der Waals surface area contributed by atoms with Crippen LogP contribution < -0.4 is 16.8 Å². The van der Waals surface area contributed by atoms with Gasteiger partial charge >= 0.3 is 0 Å². The summed E-state index contributed by atoms with van der Waals surface area (Å²) < 4.78 is 0. The van der Waals surface area contributed by atoms with Crippen molar-refractivity contribution >= 4 is 46.2 Å². The Morgan fingerprint density at radius 1 is 0.947 bits per heavy atom. The Bertz CT molecular complexity index is 603. The number of carbonyl (C=O) groups excluding carboxylic acids is 1. The van der Waals surface area contributed by atoms with Gasteiger partial charge in [-0.3, -0.25) is 4.79 Å². The van der Waals surface area contributed by atoms with Gasteiger partial charge in [-0.05, 0) is 36.4 Å². The number of hydrogen-bond acceptors (Lipinski definition) is 3. The van der Waals surface area contributed by atoms with Crippen molar-refractivity contribution < 1.29 is 4.79 Å². The fourth-order valence-electron chi connectivity index (χ4n) is 1.57. The average molecular weight is 296 g/mol. The van der Waals surface area contributed by atoms with E-state index < -0.39 is 5.91 Å². The number of carbonyl (C=O) groups is 1. The third-order valence-electron chi connectivity index (χ3n) is 2.46. The van der Waals surface area contributed by atoms with Gasteiger partial charge in [-0.25, -0.2) is 0 Å². The van der Waals surface area contributed by atoms with E-state index in [-0.39, 0.29) is 15.6 Å². The summed E-state index contributed by atoms with van der Waals surface area (Å²) in [6.45, 7) is 0. The molecule has 2 aromatic carbocycles. The molecule has 0 saturated carbocycles. The number of hydrogen-bond donors (Lipinski definition) is 3. The molecule has 0 aromatic heterocycles. The quantitative estimate of drug-likeness (QED) is 0.743. The van der Waals surface area contributed by atoms with Crippen LogP contribution in [0, 0.1) is 0 Å². The minimum absolute atomic E-state index is 0.189. The van der Waals surface area contributed by atoms with E-state index in [0.29, 0.717) is 17.1 Å². The van der Waals surface area contributed by atoms with Gasteiger partial charge in [0.15, 0.2) is 0 Å². The first-order chi connectivity index (χ1) is 8.97. The molecule has 0 atom stereocenters. The molecule has 0 saturated heterocycles. The molecule has 2 aromatic rings. The third kappa shape index (κ3) is 3.10. The summed E-state index contributed by atoms with van der Waals surface area (Å²) in [4.78, 5) is 12.1. The van der Waals surface area contributed by atoms with Crippen molar-refractivity contribution in [2.75, 3.05) is 16.8 Å². The van der Waals surface area contributed by atoms with E-state index in [0.717, 1.165) is 0 Å². The second-order valence-electron chi connectivity index (χ2n) is 3.94. The summed E-state index contributed by atoms with van der Waals surface area (Å²) in [6, 6.07) is 9.69. The maximum atomic E-state index is 12.1. The lowest BCUT2D eigenvalue weighted by Crippen LogP contribution is -2.13. The molecule has 5 N–H and O–H groups in total. The molecule has 19 heavy (non-hydrogen) atoms. The molecule has 4 nitrogen and oxygen atoms in total. The van der Waals surface area contributed by atoms with Crippen molar-refractivity contribution in [3.05, 3.63) is 52.0 Å². The zero-order chi connectivity index (χ0) is 14.0. The minimum atomic E-state index is -0.403. The topological polar surface area (TPSA) is 81.1 Å². The van der Waals surface area contributed by atoms with Crippen molar-refractivity contribution in [2.24, 2.45) is 0 Å². The minimum Gasteiger partial charge on any atom is -0.399 e. The molecule has 0 aliphatic heterocycles. The molecule has 98 valence electrons. The first-order valence-electron chi connectivity index (χ1n) is 5.39. The number of nitrogen functional groups attached to an aromatic ring is 2. The fraction of sp³-hybridized carbons (Fsp3) is 0. The number of rotatable bonds is 2. The molecule has 0 radical (unpaired) electrons. The highest BCUT2D eigenvalue weighted by Crippen LogP contribution is 2.28. The van der Waals surface area contributed by atoms with Gasteiger partial charge in [0.2, 0.25) is 0 Å². The van der Waals surface area contributed by atoms with Gasteiger partial charge < -0.3 is 16.8 Å². The van der Waals surface area contributed by atoms with Crippen LogP contribution in [-0.4, -0.2) is 5.91 Å². The lowest BCUT2D eigenvalue weighted by Gasteiger charge is -2.09. The van der Waals surface area contributed by atoms with E-state index in [1.165, 1.54) is 12.1 Å². The van der Waals surface area contributed by atoms with Crippen molar-refractivity contribution in [3.8, 4) is 0 Å². The van der Waals surface area contributed by atoms with Gasteiger partial charge in [-0.1, -0.05) is 23.2 Å². The highest BCUT2D eigenvalue weighted by atomic mass is 35.5. The monoisotopic (exact) mass is 295 g/mol. The summed E-state index contributed by atoms with van der Waals surface area (Å²) in [5.74, 6) is -0.403. The Hall–Kier alpha value is -1.91. The standard InChI is InChI=1S/C13H11Cl2N3O/c14-10-5-8(17)6-11(15)12(10)13(19)18-9-3-1-7(16)2-4-9/h1-6H,16-17H2,(H,18,19). The van der Waals surface area contributed by atoms with Crippen molar-refractivity contribution in [1.82, 2.24) is 0 Å². The zero-order valence-electron chi connectivity index (χ0n) is 9.78. The van der Waals surface area contributed by atoms with Crippen LogP contribution in [0.2, 0.25) is 10.0 Å². The molecule has 0 aliphatic rings. The van der Waals surface area contributed by atoms with E-state index >= 15 is 0 Å². The molecule has 0 aliphatic carbocycles. The molecule has 0 fully saturated rings. The summed E-state index contributed by atoms with van der Waals surface area (Å²) in [5.41, 5.74) is 13.0. The normalized spacial score (nSPS) is 10.2. The Kier molecular flexibility index (Phi) is 3.83. The van der Waals surface area contributed by atoms with Crippen molar-refractivity contribution in [1.29, 1.82) is 0 Å². The zero-order valence-corrected chi connectivity index (χ0v) is 11.3. The van der Waals surface area contributed by atoms with Crippen molar-refractivity contribution in [3.63, 3.8) is 0 Å². The summed E-state index contributed by atoms with van der Waals surface area (Å²) in [5, 5.41) is 3.10. The van der Waals surface area contributed by atoms with Gasteiger partial charge in [0.05, 0.1) is 15.6 Å². The number of nitrogens with one attached hydrogen (secondary N) is 1. The van der Waals surface area contributed by atoms with Gasteiger partial charge in [0, 0.05) is 17.1 Å². The lowest BCUT2D eigenvalue weighted by atomic mass is 10.2. The molecule has 1 amide bonds. The highest BCUT2D eigenvalue weighted by molar-refractivity contribution is 6.40. The summed E-state index contributed by atoms with van der Waals surface area (Å²) in [7, 11) is 0. The first kappa shape index (κ1) is 13.5. The maximum absolute atomic E-state index is 12.1. The Morgan fingerprint density at radius 2 is 1.47 bits per heavy atom. The summed E-state index contributed by atoms with van der Waals surface area (Å²) >= 11 is 12.0. The predicted molar refractivity (Wildman–Crippen MR) is 79.7 cm³/mol. The number of halogens is 2. The van der Waals surface area contributed by atoms with Gasteiger partial charge in [-0.2, -0.15) is 0 Å². The van der Waals surface area contributed by atoms with Gasteiger partial charge in [0.25, 0.3) is 5.91 Å². The lowest BCUT2D eigenvalue weighted by molar-refractivity contribution is 0.102. The number of benzene rings is 2. The molecule has 6 heteroatoms. The second kappa shape index (κ2) is 5.38. The average Bonchev–Trinajstić information content (AvgIpc) is 2.30. The number of amides is 1. The van der Waals surface area contributed by atoms with E-state index in [9.17, 15) is 4.79 Å². The Morgan fingerprint density at radius 3 is 2.00 bits per heavy atom. The van der Waals surface area contributed by atoms with Gasteiger partial charge in [0.1, 0.15) is 0 Å². The molecular formula is C13H11Cl2N3O. The largest absolute Gasteiger partial charge is 0.399 e. The Labute approximate surface area is 120 Å². The van der Waals surface area contributed by atoms with Crippen LogP contribution in [0.15, 0.2) is 36.4 Å². The van der Waals surface area contributed by atoms with Crippen LogP contribution in [0.25, 0.3) is 0 Å². The van der Waals surface area contributed by atoms with Crippen LogP contribution in [-0.2, 0) is 0 Å². The van der Waals surface area contributed by atoms with Crippen molar-refractivity contribution in [2.45, 2.75) is 0 Å². The molecule has 0 heterocycles. The van der Waals surface area contributed by atoms with Crippen LogP contribution in [0.4, 0.5) is 17.1 Å². The number of nitrogens with two attached hydrogens (primary N) is 2. The van der Waals surface area contributed by atoms with E-state index in [4.69, 9.17) is 34.7 Å². The number of anilines is 3. The predicted octanol–water partition coefficient (Wildman–Crippen LogP) is 3.41. The van der Waals surface area contributed by atoms with Crippen LogP contribution in [0.5, 0.6) is 0 Å². The maximum Gasteiger partial charge on any atom is 0.258 e. The smallest absolute Gasteiger partial charge is 0.258 e. The van der Waals surface area contributed by atoms with E-state index in [1.54, 1.807) is 24.3 Å². The molecule has 0 unspecified atom stereocenters. The van der Waals surface area contributed by atoms with Crippen LogP contribution >= 0.6 is 23.2 Å². The SMILES string of the molecule is Nc1ccc(NC(=O)c2c(Cl)cc(N)cc2Cl)cc1. The molecule has 0 bridgehead atoms. The van der Waals surface area contributed by atoms with Gasteiger partial charge in [-0.15, -0.1) is 0 Å². The fourth-order valence-corrected chi connectivity index (χ4v) is 2.25. The molecule has 2 rings (SSSR count). The van der Waals surface area contributed by atoms with E-state index in [1.807, 2.05) is 0 Å². The third-order valence-corrected chi connectivity index (χ3v) is 3.06. The Balaban J connectivity index is 2.28. The highest BCUT2D eigenvalue weighted by Gasteiger charge is 2.15.